The second-order valence-corrected chi connectivity index (χ2v) is 22.3. The van der Waals surface area contributed by atoms with E-state index >= 15 is 0 Å². The van der Waals surface area contributed by atoms with Gasteiger partial charge in [0.1, 0.15) is 86.8 Å². The molecule has 0 bridgehead atoms. The van der Waals surface area contributed by atoms with Gasteiger partial charge in [0.15, 0.2) is 25.2 Å². The van der Waals surface area contributed by atoms with Crippen molar-refractivity contribution in [3.8, 4) is 0 Å². The molecule has 5 fully saturated rings. The quantitative estimate of drug-likeness (QED) is 0.0500. The molecule has 24 nitrogen and oxygen atoms in total. The number of hydrogen-bond donors (Lipinski definition) is 9. The van der Waals surface area contributed by atoms with Crippen LogP contribution in [0.3, 0.4) is 0 Å². The zero-order chi connectivity index (χ0) is 60.9. The Morgan fingerprint density at radius 1 is 0.547 bits per heavy atom. The third-order valence-electron chi connectivity index (χ3n) is 16.2. The van der Waals surface area contributed by atoms with Gasteiger partial charge in [0.25, 0.3) is 0 Å². The lowest BCUT2D eigenvalue weighted by Gasteiger charge is -2.50. The van der Waals surface area contributed by atoms with Crippen LogP contribution in [0, 0.1) is 11.8 Å². The molecule has 4 aromatic carbocycles. The van der Waals surface area contributed by atoms with Crippen LogP contribution in [0.4, 0.5) is 14.4 Å². The second-order valence-electron chi connectivity index (χ2n) is 22.3. The number of aliphatic hydroxyl groups is 5. The van der Waals surface area contributed by atoms with Crippen LogP contribution >= 0.6 is 0 Å². The van der Waals surface area contributed by atoms with Gasteiger partial charge in [-0.25, -0.2) is 14.4 Å². The second kappa shape index (κ2) is 30.5. The zero-order valence-corrected chi connectivity index (χ0v) is 48.4. The van der Waals surface area contributed by atoms with Crippen LogP contribution in [0.2, 0.25) is 0 Å². The molecule has 4 aromatic rings. The molecule has 4 amide bonds. The van der Waals surface area contributed by atoms with E-state index in [1.165, 1.54) is 0 Å². The number of carbonyl (C=O) groups excluding carboxylic acids is 4. The molecule has 86 heavy (non-hydrogen) atoms. The maximum absolute atomic E-state index is 14.0. The molecule has 9 N–H and O–H groups in total. The monoisotopic (exact) mass is 1200 g/mol. The Morgan fingerprint density at radius 2 is 1.05 bits per heavy atom. The first-order valence-corrected chi connectivity index (χ1v) is 29.4. The number of hydrogen-bond acceptors (Lipinski definition) is 20. The number of carbonyl (C=O) groups is 4. The Bertz CT molecular complexity index is 2760. The van der Waals surface area contributed by atoms with Crippen LogP contribution in [0.25, 0.3) is 0 Å². The molecule has 4 heterocycles. The highest BCUT2D eigenvalue weighted by Crippen LogP contribution is 2.40. The van der Waals surface area contributed by atoms with E-state index in [1.54, 1.807) is 76.2 Å². The lowest BCUT2D eigenvalue weighted by molar-refractivity contribution is -0.360. The smallest absolute Gasteiger partial charge is 0.407 e. The van der Waals surface area contributed by atoms with Crippen LogP contribution < -0.4 is 21.3 Å². The molecule has 1 saturated carbocycles. The molecule has 0 aromatic heterocycles. The molecule has 0 spiro atoms. The van der Waals surface area contributed by atoms with Gasteiger partial charge in [-0.15, -0.1) is 0 Å². The number of benzene rings is 4. The molecular formula is C62H80N4O20. The SMILES string of the molecule is CC[C@@H]1O[C@H](O[C@H]2[C@@H](O)[C@H](O[C@@H]3[C@@H](O)[C@H](NC(=O)[C@@H](C)CCNC(=O)OCc4ccccc4)C[C@H](C)[C@H]3O[C@H]3O[C@@H]4COC(c5ccccc5)O[C@H]4[C@H](O)[C@H]3NC(=O)OCc3ccccc3)O[C@@H]2CC)[C@H](NC(=O)OCc2ccccc2)[C@@H](O)[C@@H]1O. The fraction of sp³-hybridized carbons (Fsp3) is 0.548. The molecule has 9 rings (SSSR count). The normalized spacial score (nSPS) is 33.7. The van der Waals surface area contributed by atoms with E-state index in [0.717, 1.165) is 5.56 Å². The van der Waals surface area contributed by atoms with Gasteiger partial charge >= 0.3 is 18.3 Å². The van der Waals surface area contributed by atoms with E-state index in [1.807, 2.05) is 72.8 Å². The van der Waals surface area contributed by atoms with Gasteiger partial charge < -0.3 is 98.9 Å². The average molecular weight is 1200 g/mol. The van der Waals surface area contributed by atoms with Crippen LogP contribution in [-0.4, -0.2) is 173 Å². The van der Waals surface area contributed by atoms with Gasteiger partial charge in [-0.2, -0.15) is 0 Å². The van der Waals surface area contributed by atoms with Gasteiger partial charge in [0.05, 0.1) is 31.0 Å². The van der Waals surface area contributed by atoms with E-state index in [0.29, 0.717) is 16.7 Å². The summed E-state index contributed by atoms with van der Waals surface area (Å²) >= 11 is 0. The highest BCUT2D eigenvalue weighted by Gasteiger charge is 2.57. The number of ether oxygens (including phenoxy) is 11. The molecule has 0 radical (unpaired) electrons. The highest BCUT2D eigenvalue weighted by molar-refractivity contribution is 5.78. The van der Waals surface area contributed by atoms with Crippen LogP contribution in [-0.2, 0) is 76.7 Å². The van der Waals surface area contributed by atoms with E-state index in [2.05, 4.69) is 21.3 Å². The van der Waals surface area contributed by atoms with Crippen LogP contribution in [0.15, 0.2) is 121 Å². The standard InChI is InChI=1S/C62H80N4O20/c1-5-41-47(68)48(69)44(65-61(74)78-31-37-21-13-8-14-22-37)57(80-41)85-52-42(6-2)81-59(50(52)71)86-54-46(67)40(64-55(72)34(3)27-28-63-60(73)77-30-36-19-11-7-12-20-36)29-35(4)51(54)83-58-45(66-62(75)79-32-38-23-15-9-16-24-38)49(70)53-43(82-58)33-76-56(84-53)39-25-17-10-18-26-39/h7-26,34-35,40-54,56-59,67-71H,5-6,27-33H2,1-4H3,(H,63,73)(H,64,72)(H,65,74)(H,66,75)/t34-,35-,40+,41-,42+,43+,44+,45+,46-,47+,48+,49+,50+,51+,52+,53+,54+,56?,57+,58+,59-/m0/s1. The van der Waals surface area contributed by atoms with Crippen molar-refractivity contribution in [2.45, 2.75) is 190 Å². The summed E-state index contributed by atoms with van der Waals surface area (Å²) in [5, 5.41) is 70.6. The van der Waals surface area contributed by atoms with Crippen molar-refractivity contribution in [3.63, 3.8) is 0 Å². The van der Waals surface area contributed by atoms with Crippen molar-refractivity contribution in [2.75, 3.05) is 13.2 Å². The molecule has 4 aliphatic heterocycles. The minimum atomic E-state index is -1.67. The number of amides is 4. The Hall–Kier alpha value is -6.36. The molecule has 5 aliphatic rings. The first-order valence-electron chi connectivity index (χ1n) is 29.4. The van der Waals surface area contributed by atoms with Crippen LogP contribution in [0.1, 0.15) is 81.9 Å². The molecular weight excluding hydrogens is 1120 g/mol. The summed E-state index contributed by atoms with van der Waals surface area (Å²) in [5.74, 6) is -1.77. The largest absolute Gasteiger partial charge is 0.445 e. The molecule has 21 atom stereocenters. The lowest BCUT2D eigenvalue weighted by Crippen LogP contribution is -2.69. The summed E-state index contributed by atoms with van der Waals surface area (Å²) in [6.45, 7) is 6.81. The van der Waals surface area contributed by atoms with Gasteiger partial charge in [0, 0.05) is 18.0 Å². The average Bonchev–Trinajstić information content (AvgIpc) is 1.44. The topological polar surface area (TPSA) is 319 Å². The molecule has 24 heteroatoms. The molecule has 468 valence electrons. The minimum absolute atomic E-state index is 0.0600. The van der Waals surface area contributed by atoms with Gasteiger partial charge in [-0.05, 0) is 48.3 Å². The van der Waals surface area contributed by atoms with Gasteiger partial charge in [-0.3, -0.25) is 4.79 Å². The van der Waals surface area contributed by atoms with Crippen molar-refractivity contribution in [1.82, 2.24) is 21.3 Å². The highest BCUT2D eigenvalue weighted by atomic mass is 16.8. The zero-order valence-electron chi connectivity index (χ0n) is 48.4. The van der Waals surface area contributed by atoms with Gasteiger partial charge in [-0.1, -0.05) is 149 Å². The third kappa shape index (κ3) is 16.2. The number of rotatable bonds is 22. The Morgan fingerprint density at radius 3 is 1.62 bits per heavy atom. The van der Waals surface area contributed by atoms with Crippen molar-refractivity contribution in [3.05, 3.63) is 144 Å². The van der Waals surface area contributed by atoms with E-state index in [4.69, 9.17) is 52.1 Å². The molecule has 1 aliphatic carbocycles. The van der Waals surface area contributed by atoms with Gasteiger partial charge in [0.2, 0.25) is 5.91 Å². The van der Waals surface area contributed by atoms with Crippen molar-refractivity contribution in [2.24, 2.45) is 11.8 Å². The van der Waals surface area contributed by atoms with E-state index in [-0.39, 0.29) is 58.7 Å². The van der Waals surface area contributed by atoms with E-state index < -0.39 is 153 Å². The number of fused-ring (bicyclic) bond motifs is 1. The molecule has 1 unspecified atom stereocenters. The summed E-state index contributed by atoms with van der Waals surface area (Å²) in [7, 11) is 0. The summed E-state index contributed by atoms with van der Waals surface area (Å²) in [4.78, 5) is 53.5. The maximum atomic E-state index is 14.0. The predicted octanol–water partition coefficient (Wildman–Crippen LogP) is 4.12. The minimum Gasteiger partial charge on any atom is -0.445 e. The van der Waals surface area contributed by atoms with E-state index in [9.17, 15) is 44.7 Å². The first kappa shape index (κ1) is 64.1. The predicted molar refractivity (Wildman–Crippen MR) is 302 cm³/mol. The summed E-state index contributed by atoms with van der Waals surface area (Å²) < 4.78 is 67.9. The number of nitrogens with one attached hydrogen (secondary N) is 4. The molecule has 4 saturated heterocycles. The summed E-state index contributed by atoms with van der Waals surface area (Å²) in [5.41, 5.74) is 2.88. The summed E-state index contributed by atoms with van der Waals surface area (Å²) in [6.07, 6.45) is -23.0. The fourth-order valence-corrected chi connectivity index (χ4v) is 11.3. The Balaban J connectivity index is 0.945. The third-order valence-corrected chi connectivity index (χ3v) is 16.2. The Kier molecular flexibility index (Phi) is 22.8. The van der Waals surface area contributed by atoms with Crippen LogP contribution in [0.5, 0.6) is 0 Å². The number of aliphatic hydroxyl groups excluding tert-OH is 5. The first-order chi connectivity index (χ1) is 41.6. The lowest BCUT2D eigenvalue weighted by atomic mass is 9.79. The van der Waals surface area contributed by atoms with Crippen molar-refractivity contribution >= 4 is 24.2 Å². The van der Waals surface area contributed by atoms with Crippen molar-refractivity contribution in [1.29, 1.82) is 0 Å². The Labute approximate surface area is 499 Å². The number of alkyl carbamates (subject to hydrolysis) is 3. The fourth-order valence-electron chi connectivity index (χ4n) is 11.3. The maximum Gasteiger partial charge on any atom is 0.407 e. The van der Waals surface area contributed by atoms with Crippen molar-refractivity contribution < 1.29 is 96.8 Å². The summed E-state index contributed by atoms with van der Waals surface area (Å²) in [6, 6.07) is 32.3.